The molecular weight excluding hydrogens is 371 g/mol. The Balaban J connectivity index is 2.10. The third-order valence-corrected chi connectivity index (χ3v) is 3.22. The summed E-state index contributed by atoms with van der Waals surface area (Å²) in [5, 5.41) is 0. The van der Waals surface area contributed by atoms with Crippen molar-refractivity contribution in [3.05, 3.63) is 63.2 Å². The minimum absolute atomic E-state index is 0.376. The number of carbonyl (C=O) groups is 2. The van der Waals surface area contributed by atoms with Gasteiger partial charge in [0.2, 0.25) is 0 Å². The summed E-state index contributed by atoms with van der Waals surface area (Å²) in [6.07, 6.45) is 0. The molecule has 0 saturated carbocycles. The third kappa shape index (κ3) is 3.57. The highest BCUT2D eigenvalue weighted by molar-refractivity contribution is 14.1. The molecule has 0 saturated heterocycles. The van der Waals surface area contributed by atoms with Gasteiger partial charge in [-0.3, -0.25) is 0 Å². The van der Waals surface area contributed by atoms with E-state index in [1.165, 1.54) is 7.11 Å². The predicted molar refractivity (Wildman–Crippen MR) is 81.9 cm³/mol. The van der Waals surface area contributed by atoms with Gasteiger partial charge in [-0.25, -0.2) is 9.59 Å². The number of benzene rings is 2. The lowest BCUT2D eigenvalue weighted by atomic mass is 10.2. The number of halogens is 1. The van der Waals surface area contributed by atoms with Gasteiger partial charge in [0.05, 0.1) is 18.2 Å². The largest absolute Gasteiger partial charge is 0.465 e. The second kappa shape index (κ2) is 6.51. The van der Waals surface area contributed by atoms with E-state index in [-0.39, 0.29) is 0 Å². The molecule has 2 rings (SSSR count). The fourth-order valence-electron chi connectivity index (χ4n) is 1.56. The monoisotopic (exact) mass is 382 g/mol. The number of ether oxygens (including phenoxy) is 2. The Morgan fingerprint density at radius 2 is 1.65 bits per heavy atom. The van der Waals surface area contributed by atoms with Gasteiger partial charge in [-0.15, -0.1) is 0 Å². The Hall–Kier alpha value is -1.89. The van der Waals surface area contributed by atoms with Crippen LogP contribution >= 0.6 is 22.6 Å². The minimum Gasteiger partial charge on any atom is -0.465 e. The fraction of sp³-hybridized carbons (Fsp3) is 0.0667. The van der Waals surface area contributed by atoms with Crippen LogP contribution in [-0.4, -0.2) is 19.0 Å². The zero-order valence-corrected chi connectivity index (χ0v) is 12.8. The highest BCUT2D eigenvalue weighted by Crippen LogP contribution is 2.16. The molecule has 2 aromatic rings. The van der Waals surface area contributed by atoms with E-state index in [1.807, 2.05) is 6.07 Å². The number of hydrogen-bond donors (Lipinski definition) is 0. The SMILES string of the molecule is COC(=O)c1ccc(OC(=O)c2cccc(I)c2)cc1. The molecule has 0 amide bonds. The Morgan fingerprint density at radius 1 is 0.950 bits per heavy atom. The summed E-state index contributed by atoms with van der Waals surface area (Å²) in [4.78, 5) is 23.2. The van der Waals surface area contributed by atoms with Crippen molar-refractivity contribution in [2.45, 2.75) is 0 Å². The van der Waals surface area contributed by atoms with E-state index in [2.05, 4.69) is 27.3 Å². The molecule has 0 bridgehead atoms. The van der Waals surface area contributed by atoms with E-state index in [9.17, 15) is 9.59 Å². The van der Waals surface area contributed by atoms with Crippen molar-refractivity contribution in [3.63, 3.8) is 0 Å². The topological polar surface area (TPSA) is 52.6 Å². The molecule has 2 aromatic carbocycles. The van der Waals surface area contributed by atoms with Gasteiger partial charge >= 0.3 is 11.9 Å². The Labute approximate surface area is 129 Å². The van der Waals surface area contributed by atoms with E-state index in [1.54, 1.807) is 42.5 Å². The van der Waals surface area contributed by atoms with Crippen LogP contribution in [0.3, 0.4) is 0 Å². The zero-order chi connectivity index (χ0) is 14.5. The van der Waals surface area contributed by atoms with Gasteiger partial charge in [0.1, 0.15) is 5.75 Å². The first-order valence-electron chi connectivity index (χ1n) is 5.76. The first kappa shape index (κ1) is 14.5. The first-order valence-corrected chi connectivity index (χ1v) is 6.84. The van der Waals surface area contributed by atoms with Crippen LogP contribution in [0, 0.1) is 3.57 Å². The summed E-state index contributed by atoms with van der Waals surface area (Å²) in [5.41, 5.74) is 0.885. The summed E-state index contributed by atoms with van der Waals surface area (Å²) in [5.74, 6) is -0.490. The van der Waals surface area contributed by atoms with Crippen molar-refractivity contribution in [2.75, 3.05) is 7.11 Å². The molecule has 0 spiro atoms. The van der Waals surface area contributed by atoms with Gasteiger partial charge in [0.25, 0.3) is 0 Å². The summed E-state index contributed by atoms with van der Waals surface area (Å²) in [6, 6.07) is 13.3. The number of rotatable bonds is 3. The second-order valence-electron chi connectivity index (χ2n) is 3.92. The van der Waals surface area contributed by atoms with Crippen molar-refractivity contribution in [1.82, 2.24) is 0 Å². The van der Waals surface area contributed by atoms with Gasteiger partial charge in [0, 0.05) is 3.57 Å². The Kier molecular flexibility index (Phi) is 4.73. The van der Waals surface area contributed by atoms with Crippen LogP contribution in [0.5, 0.6) is 5.75 Å². The summed E-state index contributed by atoms with van der Waals surface area (Å²) >= 11 is 2.13. The molecule has 20 heavy (non-hydrogen) atoms. The van der Waals surface area contributed by atoms with E-state index in [0.29, 0.717) is 16.9 Å². The highest BCUT2D eigenvalue weighted by Gasteiger charge is 2.10. The lowest BCUT2D eigenvalue weighted by Gasteiger charge is -2.05. The van der Waals surface area contributed by atoms with Crippen molar-refractivity contribution in [3.8, 4) is 5.75 Å². The highest BCUT2D eigenvalue weighted by atomic mass is 127. The average molecular weight is 382 g/mol. The molecule has 4 nitrogen and oxygen atoms in total. The van der Waals surface area contributed by atoms with E-state index in [4.69, 9.17) is 4.74 Å². The van der Waals surface area contributed by atoms with Gasteiger partial charge < -0.3 is 9.47 Å². The summed E-state index contributed by atoms with van der Waals surface area (Å²) < 4.78 is 10.8. The van der Waals surface area contributed by atoms with Crippen LogP contribution < -0.4 is 4.74 Å². The van der Waals surface area contributed by atoms with Crippen molar-refractivity contribution in [2.24, 2.45) is 0 Å². The molecule has 0 heterocycles. The zero-order valence-electron chi connectivity index (χ0n) is 10.6. The quantitative estimate of drug-likeness (QED) is 0.465. The molecular formula is C15H11IO4. The first-order chi connectivity index (χ1) is 9.60. The fourth-order valence-corrected chi connectivity index (χ4v) is 2.10. The van der Waals surface area contributed by atoms with E-state index < -0.39 is 11.9 Å². The minimum atomic E-state index is -0.436. The number of hydrogen-bond acceptors (Lipinski definition) is 4. The second-order valence-corrected chi connectivity index (χ2v) is 5.16. The van der Waals surface area contributed by atoms with Crippen LogP contribution in [0.4, 0.5) is 0 Å². The van der Waals surface area contributed by atoms with Crippen LogP contribution in [0.15, 0.2) is 48.5 Å². The van der Waals surface area contributed by atoms with Gasteiger partial charge in [-0.05, 0) is 65.1 Å². The van der Waals surface area contributed by atoms with E-state index >= 15 is 0 Å². The molecule has 0 radical (unpaired) electrons. The van der Waals surface area contributed by atoms with Crippen molar-refractivity contribution < 1.29 is 19.1 Å². The summed E-state index contributed by atoms with van der Waals surface area (Å²) in [7, 11) is 1.31. The molecule has 0 unspecified atom stereocenters. The normalized spacial score (nSPS) is 9.90. The maximum atomic E-state index is 11.9. The maximum Gasteiger partial charge on any atom is 0.343 e. The molecule has 102 valence electrons. The lowest BCUT2D eigenvalue weighted by Crippen LogP contribution is -2.09. The Bertz CT molecular complexity index is 635. The Morgan fingerprint density at radius 3 is 2.25 bits per heavy atom. The average Bonchev–Trinajstić information content (AvgIpc) is 2.47. The molecule has 0 fully saturated rings. The molecule has 0 aliphatic rings. The van der Waals surface area contributed by atoms with Crippen molar-refractivity contribution in [1.29, 1.82) is 0 Å². The van der Waals surface area contributed by atoms with Crippen LogP contribution in [0.2, 0.25) is 0 Å². The van der Waals surface area contributed by atoms with Gasteiger partial charge in [-0.2, -0.15) is 0 Å². The smallest absolute Gasteiger partial charge is 0.343 e. The number of carbonyl (C=O) groups excluding carboxylic acids is 2. The number of esters is 2. The number of methoxy groups -OCH3 is 1. The molecule has 0 atom stereocenters. The summed E-state index contributed by atoms with van der Waals surface area (Å²) in [6.45, 7) is 0. The van der Waals surface area contributed by atoms with Gasteiger partial charge in [0.15, 0.2) is 0 Å². The van der Waals surface area contributed by atoms with Crippen molar-refractivity contribution >= 4 is 34.5 Å². The van der Waals surface area contributed by atoms with Crippen LogP contribution in [0.1, 0.15) is 20.7 Å². The molecule has 0 aromatic heterocycles. The molecule has 0 N–H and O–H groups in total. The predicted octanol–water partition coefficient (Wildman–Crippen LogP) is 3.30. The van der Waals surface area contributed by atoms with E-state index in [0.717, 1.165) is 3.57 Å². The standard InChI is InChI=1S/C15H11IO4/c1-19-14(17)10-5-7-13(8-6-10)20-15(18)11-3-2-4-12(16)9-11/h2-9H,1H3. The third-order valence-electron chi connectivity index (χ3n) is 2.55. The maximum absolute atomic E-state index is 11.9. The van der Waals surface area contributed by atoms with Gasteiger partial charge in [-0.1, -0.05) is 6.07 Å². The molecule has 0 aliphatic carbocycles. The van der Waals surface area contributed by atoms with Crippen LogP contribution in [0.25, 0.3) is 0 Å². The molecule has 5 heteroatoms. The lowest BCUT2D eigenvalue weighted by molar-refractivity contribution is 0.0600. The van der Waals surface area contributed by atoms with Crippen LogP contribution in [-0.2, 0) is 4.74 Å². The molecule has 0 aliphatic heterocycles.